The lowest BCUT2D eigenvalue weighted by Gasteiger charge is -2.22. The normalized spacial score (nSPS) is 17.2. The molecular formula is C6H8F6O4. The van der Waals surface area contributed by atoms with E-state index in [1.54, 1.807) is 0 Å². The summed E-state index contributed by atoms with van der Waals surface area (Å²) in [6, 6.07) is 0. The Bertz CT molecular complexity index is 180. The predicted molar refractivity (Wildman–Crippen MR) is 36.4 cm³/mol. The van der Waals surface area contributed by atoms with Gasteiger partial charge in [0.05, 0.1) is 13.2 Å². The molecule has 0 amide bonds. The van der Waals surface area contributed by atoms with Gasteiger partial charge in [0.2, 0.25) is 6.10 Å². The van der Waals surface area contributed by atoms with Gasteiger partial charge in [0.25, 0.3) is 0 Å². The molecule has 16 heavy (non-hydrogen) atoms. The molecule has 0 aromatic rings. The number of aliphatic hydroxyl groups excluding tert-OH is 1. The summed E-state index contributed by atoms with van der Waals surface area (Å²) in [5.41, 5.74) is 0. The zero-order chi connectivity index (χ0) is 13.0. The van der Waals surface area contributed by atoms with E-state index in [2.05, 4.69) is 9.62 Å². The number of rotatable bonds is 5. The molecule has 98 valence electrons. The smallest absolute Gasteiger partial charge is 0.393 e. The van der Waals surface area contributed by atoms with Crippen molar-refractivity contribution in [2.45, 2.75) is 24.6 Å². The number of alkyl halides is 6. The van der Waals surface area contributed by atoms with Crippen molar-refractivity contribution in [3.63, 3.8) is 0 Å². The van der Waals surface area contributed by atoms with E-state index in [1.165, 1.54) is 0 Å². The van der Waals surface area contributed by atoms with E-state index in [0.29, 0.717) is 0 Å². The SMILES string of the molecule is OCC(OCC(OO)C(F)(F)F)C(F)(F)F. The minimum absolute atomic E-state index is 1.53. The molecular weight excluding hydrogens is 250 g/mol. The molecule has 0 aliphatic carbocycles. The van der Waals surface area contributed by atoms with Crippen LogP contribution in [0.15, 0.2) is 0 Å². The second kappa shape index (κ2) is 5.66. The first-order valence-corrected chi connectivity index (χ1v) is 3.79. The zero-order valence-corrected chi connectivity index (χ0v) is 7.55. The van der Waals surface area contributed by atoms with E-state index in [9.17, 15) is 26.3 Å². The first-order valence-electron chi connectivity index (χ1n) is 3.79. The monoisotopic (exact) mass is 258 g/mol. The van der Waals surface area contributed by atoms with Crippen LogP contribution in [0.1, 0.15) is 0 Å². The lowest BCUT2D eigenvalue weighted by atomic mass is 10.3. The Morgan fingerprint density at radius 2 is 1.38 bits per heavy atom. The Labute approximate surface area is 85.3 Å². The van der Waals surface area contributed by atoms with Crippen LogP contribution in [0, 0.1) is 0 Å². The molecule has 2 atom stereocenters. The van der Waals surface area contributed by atoms with Crippen LogP contribution in [0.3, 0.4) is 0 Å². The number of aliphatic hydroxyl groups is 1. The Hall–Kier alpha value is -0.580. The third-order valence-corrected chi connectivity index (χ3v) is 1.47. The van der Waals surface area contributed by atoms with Crippen molar-refractivity contribution in [3.8, 4) is 0 Å². The topological polar surface area (TPSA) is 58.9 Å². The molecule has 2 N–H and O–H groups in total. The molecule has 0 spiro atoms. The Morgan fingerprint density at radius 3 is 1.62 bits per heavy atom. The van der Waals surface area contributed by atoms with Crippen molar-refractivity contribution in [2.75, 3.05) is 13.2 Å². The lowest BCUT2D eigenvalue weighted by molar-refractivity contribution is -0.364. The molecule has 0 rings (SSSR count). The van der Waals surface area contributed by atoms with Crippen molar-refractivity contribution in [1.82, 2.24) is 0 Å². The van der Waals surface area contributed by atoms with Gasteiger partial charge in [-0.1, -0.05) is 0 Å². The first kappa shape index (κ1) is 15.4. The number of halogens is 6. The fraction of sp³-hybridized carbons (Fsp3) is 1.00. The van der Waals surface area contributed by atoms with E-state index in [4.69, 9.17) is 10.4 Å². The predicted octanol–water partition coefficient (Wildman–Crippen LogP) is 1.35. The summed E-state index contributed by atoms with van der Waals surface area (Å²) >= 11 is 0. The van der Waals surface area contributed by atoms with E-state index >= 15 is 0 Å². The standard InChI is InChI=1S/C6H8F6O4/c7-5(8,9)3(1-13)15-2-4(16-14)6(10,11)12/h3-4,13-14H,1-2H2. The summed E-state index contributed by atoms with van der Waals surface area (Å²) in [5, 5.41) is 16.0. The highest BCUT2D eigenvalue weighted by atomic mass is 19.4. The van der Waals surface area contributed by atoms with Gasteiger partial charge in [-0.05, 0) is 0 Å². The van der Waals surface area contributed by atoms with Gasteiger partial charge in [-0.15, -0.1) is 0 Å². The molecule has 0 aliphatic heterocycles. The molecule has 0 radical (unpaired) electrons. The van der Waals surface area contributed by atoms with Gasteiger partial charge in [0.1, 0.15) is 0 Å². The minimum Gasteiger partial charge on any atom is -0.393 e. The lowest BCUT2D eigenvalue weighted by Crippen LogP contribution is -2.41. The third-order valence-electron chi connectivity index (χ3n) is 1.47. The van der Waals surface area contributed by atoms with Crippen LogP contribution in [0.5, 0.6) is 0 Å². The Kier molecular flexibility index (Phi) is 5.46. The molecule has 2 unspecified atom stereocenters. The molecule has 0 fully saturated rings. The van der Waals surface area contributed by atoms with Crippen molar-refractivity contribution in [3.05, 3.63) is 0 Å². The second-order valence-electron chi connectivity index (χ2n) is 2.68. The highest BCUT2D eigenvalue weighted by Crippen LogP contribution is 2.26. The van der Waals surface area contributed by atoms with Gasteiger partial charge in [-0.3, -0.25) is 5.26 Å². The van der Waals surface area contributed by atoms with Gasteiger partial charge in [-0.2, -0.15) is 26.3 Å². The molecule has 0 heterocycles. The molecule has 0 saturated carbocycles. The second-order valence-corrected chi connectivity index (χ2v) is 2.68. The van der Waals surface area contributed by atoms with Crippen LogP contribution < -0.4 is 0 Å². The number of hydrogen-bond donors (Lipinski definition) is 2. The van der Waals surface area contributed by atoms with Crippen molar-refractivity contribution in [1.29, 1.82) is 0 Å². The highest BCUT2D eigenvalue weighted by molar-refractivity contribution is 4.70. The largest absolute Gasteiger partial charge is 0.420 e. The van der Waals surface area contributed by atoms with Crippen LogP contribution in [0.2, 0.25) is 0 Å². The molecule has 0 aromatic carbocycles. The maximum atomic E-state index is 11.9. The average Bonchev–Trinajstić information content (AvgIpc) is 2.08. The van der Waals surface area contributed by atoms with Crippen LogP contribution in [0.4, 0.5) is 26.3 Å². The van der Waals surface area contributed by atoms with Crippen molar-refractivity contribution < 1.29 is 46.3 Å². The minimum atomic E-state index is -5.07. The summed E-state index contributed by atoms with van der Waals surface area (Å²) in [6.45, 7) is -3.11. The molecule has 4 nitrogen and oxygen atoms in total. The van der Waals surface area contributed by atoms with Crippen LogP contribution in [0.25, 0.3) is 0 Å². The van der Waals surface area contributed by atoms with Gasteiger partial charge in [0, 0.05) is 0 Å². The molecule has 0 aliphatic rings. The van der Waals surface area contributed by atoms with E-state index in [0.717, 1.165) is 0 Å². The third kappa shape index (κ3) is 4.96. The van der Waals surface area contributed by atoms with Crippen LogP contribution in [-0.4, -0.2) is 48.1 Å². The van der Waals surface area contributed by atoms with Gasteiger partial charge < -0.3 is 9.84 Å². The summed E-state index contributed by atoms with van der Waals surface area (Å²) < 4.78 is 75.0. The summed E-state index contributed by atoms with van der Waals surface area (Å²) in [6.07, 6.45) is -15.7. The maximum absolute atomic E-state index is 11.9. The first-order chi connectivity index (χ1) is 7.12. The highest BCUT2D eigenvalue weighted by Gasteiger charge is 2.45. The molecule has 10 heteroatoms. The Balaban J connectivity index is 4.30. The zero-order valence-electron chi connectivity index (χ0n) is 7.55. The molecule has 0 saturated heterocycles. The fourth-order valence-electron chi connectivity index (χ4n) is 0.639. The molecule has 0 aromatic heterocycles. The quantitative estimate of drug-likeness (QED) is 0.444. The van der Waals surface area contributed by atoms with E-state index in [1.807, 2.05) is 0 Å². The molecule has 0 bridgehead atoms. The van der Waals surface area contributed by atoms with E-state index < -0.39 is 37.8 Å². The summed E-state index contributed by atoms with van der Waals surface area (Å²) in [5.74, 6) is 0. The van der Waals surface area contributed by atoms with Gasteiger partial charge in [-0.25, -0.2) is 4.89 Å². The van der Waals surface area contributed by atoms with Crippen molar-refractivity contribution >= 4 is 0 Å². The maximum Gasteiger partial charge on any atom is 0.420 e. The summed E-state index contributed by atoms with van der Waals surface area (Å²) in [7, 11) is 0. The average molecular weight is 258 g/mol. The number of ether oxygens (including phenoxy) is 1. The Morgan fingerprint density at radius 1 is 0.938 bits per heavy atom. The van der Waals surface area contributed by atoms with Gasteiger partial charge in [0.15, 0.2) is 6.10 Å². The van der Waals surface area contributed by atoms with Crippen LogP contribution in [-0.2, 0) is 9.62 Å². The van der Waals surface area contributed by atoms with Gasteiger partial charge >= 0.3 is 12.4 Å². The number of hydrogen-bond acceptors (Lipinski definition) is 4. The van der Waals surface area contributed by atoms with Crippen LogP contribution >= 0.6 is 0 Å². The summed E-state index contributed by atoms with van der Waals surface area (Å²) in [4.78, 5) is 2.92. The fourth-order valence-corrected chi connectivity index (χ4v) is 0.639. The van der Waals surface area contributed by atoms with E-state index in [-0.39, 0.29) is 0 Å². The van der Waals surface area contributed by atoms with Crippen molar-refractivity contribution in [2.24, 2.45) is 0 Å².